The number of esters is 1. The summed E-state index contributed by atoms with van der Waals surface area (Å²) in [5, 5.41) is 4.80. The molecule has 4 aromatic rings. The molecule has 4 fully saturated rings. The van der Waals surface area contributed by atoms with Gasteiger partial charge in [-0.3, -0.25) is 4.79 Å². The zero-order chi connectivity index (χ0) is 47.5. The third-order valence-electron chi connectivity index (χ3n) is 16.6. The molecule has 7 heteroatoms. The summed E-state index contributed by atoms with van der Waals surface area (Å²) in [7, 11) is -4.42. The number of rotatable bonds is 16. The van der Waals surface area contributed by atoms with Gasteiger partial charge in [0.1, 0.15) is 0 Å². The van der Waals surface area contributed by atoms with Crippen LogP contribution < -0.4 is 20.7 Å². The number of ether oxygens (including phenoxy) is 2. The normalized spacial score (nSPS) is 25.5. The van der Waals surface area contributed by atoms with E-state index in [1.807, 2.05) is 0 Å². The predicted molar refractivity (Wildman–Crippen MR) is 281 cm³/mol. The summed E-state index contributed by atoms with van der Waals surface area (Å²) in [6.07, 6.45) is 15.9. The van der Waals surface area contributed by atoms with E-state index in [2.05, 4.69) is 182 Å². The molecule has 4 aliphatic rings. The number of carbonyl (C=O) groups is 1. The van der Waals surface area contributed by atoms with Gasteiger partial charge in [-0.2, -0.15) is 0 Å². The maximum absolute atomic E-state index is 11.7. The van der Waals surface area contributed by atoms with Crippen molar-refractivity contribution in [2.24, 2.45) is 22.7 Å². The van der Waals surface area contributed by atoms with E-state index >= 15 is 0 Å². The Balaban J connectivity index is 1.17. The lowest BCUT2D eigenvalue weighted by Crippen LogP contribution is -2.69. The highest BCUT2D eigenvalue weighted by Crippen LogP contribution is 2.68. The quantitative estimate of drug-likeness (QED) is 0.0636. The van der Waals surface area contributed by atoms with Crippen molar-refractivity contribution in [1.82, 2.24) is 0 Å². The van der Waals surface area contributed by atoms with Crippen molar-refractivity contribution in [1.29, 1.82) is 0 Å². The highest BCUT2D eigenvalue weighted by atomic mass is 28.4. The minimum absolute atomic E-state index is 0.0977. The average Bonchev–Trinajstić information content (AvgIpc) is 4.01. The largest absolute Gasteiger partial charge is 0.469 e. The molecule has 8 rings (SSSR count). The molecule has 0 aliphatic heterocycles. The average molecular weight is 935 g/mol. The fourth-order valence-corrected chi connectivity index (χ4v) is 22.6. The molecule has 5 nitrogen and oxygen atoms in total. The monoisotopic (exact) mass is 935 g/mol. The molecule has 4 aliphatic carbocycles. The van der Waals surface area contributed by atoms with Gasteiger partial charge < -0.3 is 18.3 Å². The maximum atomic E-state index is 11.7. The Morgan fingerprint density at radius 3 is 1.70 bits per heavy atom. The molecule has 4 saturated carbocycles. The van der Waals surface area contributed by atoms with Crippen LogP contribution in [0.1, 0.15) is 119 Å². The third kappa shape index (κ3) is 9.75. The maximum Gasteiger partial charge on any atom is 0.305 e. The summed E-state index contributed by atoms with van der Waals surface area (Å²) in [6.45, 7) is 23.3. The molecule has 4 aromatic carbocycles. The summed E-state index contributed by atoms with van der Waals surface area (Å²) in [6, 6.07) is 44.3. The van der Waals surface area contributed by atoms with E-state index in [1.54, 1.807) is 5.57 Å². The molecule has 0 amide bonds. The Morgan fingerprint density at radius 1 is 0.716 bits per heavy atom. The Hall–Kier alpha value is -4.12. The van der Waals surface area contributed by atoms with Crippen molar-refractivity contribution in [2.45, 2.75) is 141 Å². The van der Waals surface area contributed by atoms with Crippen LogP contribution in [0.5, 0.6) is 0 Å². The van der Waals surface area contributed by atoms with E-state index in [0.717, 1.165) is 31.4 Å². The number of hydrogen-bond donors (Lipinski definition) is 0. The highest BCUT2D eigenvalue weighted by molar-refractivity contribution is 7.00. The molecule has 0 aromatic heterocycles. The number of allylic oxidation sites excluding steroid dienone is 3. The van der Waals surface area contributed by atoms with Crippen LogP contribution in [0, 0.1) is 22.7 Å². The molecular formula is C60H78O5Si2. The van der Waals surface area contributed by atoms with Crippen LogP contribution in [0.4, 0.5) is 0 Å². The van der Waals surface area contributed by atoms with Crippen LogP contribution >= 0.6 is 0 Å². The van der Waals surface area contributed by atoms with Gasteiger partial charge in [0.2, 0.25) is 0 Å². The van der Waals surface area contributed by atoms with Crippen LogP contribution in [0.25, 0.3) is 0 Å². The highest BCUT2D eigenvalue weighted by Gasteiger charge is 2.61. The lowest BCUT2D eigenvalue weighted by Gasteiger charge is -2.49. The van der Waals surface area contributed by atoms with E-state index in [0.29, 0.717) is 31.3 Å². The summed E-state index contributed by atoms with van der Waals surface area (Å²) in [4.78, 5) is 11.7. The van der Waals surface area contributed by atoms with Crippen molar-refractivity contribution in [2.75, 3.05) is 20.3 Å². The lowest BCUT2D eigenvalue weighted by molar-refractivity contribution is -0.141. The van der Waals surface area contributed by atoms with Crippen LogP contribution in [0.15, 0.2) is 157 Å². The zero-order valence-electron chi connectivity index (χ0n) is 42.0. The van der Waals surface area contributed by atoms with E-state index in [-0.39, 0.29) is 39.1 Å². The van der Waals surface area contributed by atoms with Gasteiger partial charge in [-0.05, 0) is 122 Å². The van der Waals surface area contributed by atoms with Gasteiger partial charge in [0.15, 0.2) is 0 Å². The number of hydrogen-bond acceptors (Lipinski definition) is 5. The number of fused-ring (bicyclic) bond motifs is 1. The number of benzene rings is 4. The van der Waals surface area contributed by atoms with Crippen LogP contribution in [0.3, 0.4) is 0 Å². The molecule has 0 heterocycles. The first-order chi connectivity index (χ1) is 32.1. The van der Waals surface area contributed by atoms with Gasteiger partial charge in [0.05, 0.1) is 25.9 Å². The standard InChI is InChI=1S/C60H78O5Si2/c1-45-47(35-34-46-24-22-38-59(8)53(46)36-37-55(59)60(39-40-60)44-63-41-23-33-56(61)62-9)42-48(64-66(57(2,3)4,49-25-14-10-15-26-49)50-27-16-11-17-28-50)43-54(45)65-67(58(5,6)7,51-29-18-12-19-30-51)52-31-20-13-21-32-52/h10-21,25-32,34-35,48,53-55H,1,22-24,33,36-44H2,2-9H3/b46-34+,47-35-/t48-,53+,54+,55+,59+/m1/s1. The molecule has 67 heavy (non-hydrogen) atoms. The molecular weight excluding hydrogens is 857 g/mol. The minimum atomic E-state index is -2.96. The minimum Gasteiger partial charge on any atom is -0.469 e. The number of methoxy groups -OCH3 is 1. The smallest absolute Gasteiger partial charge is 0.305 e. The molecule has 5 atom stereocenters. The van der Waals surface area contributed by atoms with Crippen LogP contribution in [-0.4, -0.2) is 55.1 Å². The fourth-order valence-electron chi connectivity index (χ4n) is 13.2. The van der Waals surface area contributed by atoms with Crippen molar-refractivity contribution >= 4 is 43.4 Å². The Kier molecular flexibility index (Phi) is 14.8. The van der Waals surface area contributed by atoms with E-state index in [1.165, 1.54) is 72.0 Å². The van der Waals surface area contributed by atoms with Crippen molar-refractivity contribution in [3.8, 4) is 0 Å². The first-order valence-electron chi connectivity index (χ1n) is 25.4. The molecule has 0 N–H and O–H groups in total. The molecule has 356 valence electrons. The fraction of sp³-hybridized carbons (Fsp3) is 0.483. The van der Waals surface area contributed by atoms with Crippen LogP contribution in [-0.2, 0) is 23.1 Å². The van der Waals surface area contributed by atoms with Crippen molar-refractivity contribution in [3.05, 3.63) is 157 Å². The second-order valence-corrected chi connectivity index (χ2v) is 31.2. The second kappa shape index (κ2) is 20.1. The molecule has 0 spiro atoms. The topological polar surface area (TPSA) is 54.0 Å². The van der Waals surface area contributed by atoms with Gasteiger partial charge in [-0.25, -0.2) is 0 Å². The summed E-state index contributed by atoms with van der Waals surface area (Å²) in [5.74, 6) is 1.05. The Labute approximate surface area is 405 Å². The van der Waals surface area contributed by atoms with E-state index in [4.69, 9.17) is 24.9 Å². The third-order valence-corrected chi connectivity index (χ3v) is 26.7. The SMILES string of the molecule is C=C1/C(=C\C=C2/CCC[C@]3(C)[C@@H](C4(COCCCC(=O)OC)CC4)CC[C@@H]23)C[C@@H](O[Si](c2ccccc2)(c2ccccc2)C(C)(C)C)C[C@@H]1O[Si](c1ccccc1)(c1ccccc1)C(C)(C)C. The molecule has 0 bridgehead atoms. The predicted octanol–water partition coefficient (Wildman–Crippen LogP) is 12.0. The molecule has 0 saturated heterocycles. The van der Waals surface area contributed by atoms with Gasteiger partial charge in [0.25, 0.3) is 16.6 Å². The Morgan fingerprint density at radius 2 is 1.22 bits per heavy atom. The van der Waals surface area contributed by atoms with Crippen LogP contribution in [0.2, 0.25) is 10.1 Å². The lowest BCUT2D eigenvalue weighted by atomic mass is 9.60. The Bertz CT molecular complexity index is 2280. The van der Waals surface area contributed by atoms with E-state index < -0.39 is 16.6 Å². The summed E-state index contributed by atoms with van der Waals surface area (Å²) < 4.78 is 27.4. The number of carbonyl (C=O) groups excluding carboxylic acids is 1. The van der Waals surface area contributed by atoms with Gasteiger partial charge >= 0.3 is 5.97 Å². The molecule has 0 unspecified atom stereocenters. The zero-order valence-corrected chi connectivity index (χ0v) is 44.0. The van der Waals surface area contributed by atoms with Gasteiger partial charge in [0, 0.05) is 19.4 Å². The first kappa shape index (κ1) is 49.3. The summed E-state index contributed by atoms with van der Waals surface area (Å²) >= 11 is 0. The van der Waals surface area contributed by atoms with Gasteiger partial charge in [-0.15, -0.1) is 0 Å². The first-order valence-corrected chi connectivity index (χ1v) is 29.2. The second-order valence-electron chi connectivity index (χ2n) is 22.7. The van der Waals surface area contributed by atoms with Crippen molar-refractivity contribution < 1.29 is 23.1 Å². The van der Waals surface area contributed by atoms with E-state index in [9.17, 15) is 4.79 Å². The summed E-state index contributed by atoms with van der Waals surface area (Å²) in [5.41, 5.74) is 4.47. The molecule has 0 radical (unpaired) electrons. The van der Waals surface area contributed by atoms with Crippen molar-refractivity contribution in [3.63, 3.8) is 0 Å². The van der Waals surface area contributed by atoms with Gasteiger partial charge in [-0.1, -0.05) is 194 Å².